The maximum atomic E-state index is 6.03. The first-order chi connectivity index (χ1) is 9.24. The highest BCUT2D eigenvalue weighted by Gasteiger charge is 2.11. The van der Waals surface area contributed by atoms with Crippen LogP contribution >= 0.6 is 0 Å². The predicted octanol–water partition coefficient (Wildman–Crippen LogP) is 3.27. The summed E-state index contributed by atoms with van der Waals surface area (Å²) in [5.41, 5.74) is 7.08. The van der Waals surface area contributed by atoms with Crippen LogP contribution in [-0.4, -0.2) is 20.3 Å². The Hall–Kier alpha value is -1.58. The number of benzene rings is 2. The van der Waals surface area contributed by atoms with Gasteiger partial charge in [-0.15, -0.1) is 0 Å². The van der Waals surface area contributed by atoms with Crippen molar-refractivity contribution in [3.05, 3.63) is 42.0 Å². The van der Waals surface area contributed by atoms with E-state index in [2.05, 4.69) is 24.3 Å². The molecule has 0 heterocycles. The van der Waals surface area contributed by atoms with Gasteiger partial charge < -0.3 is 15.2 Å². The molecule has 102 valence electrons. The number of hydrogen-bond acceptors (Lipinski definition) is 3. The number of ether oxygens (including phenoxy) is 2. The van der Waals surface area contributed by atoms with Gasteiger partial charge in [0.25, 0.3) is 0 Å². The molecule has 2 aromatic carbocycles. The molecule has 0 aliphatic carbocycles. The molecule has 0 unspecified atom stereocenters. The molecule has 0 aromatic heterocycles. The van der Waals surface area contributed by atoms with Crippen molar-refractivity contribution in [2.75, 3.05) is 20.3 Å². The Morgan fingerprint density at radius 3 is 2.63 bits per heavy atom. The Labute approximate surface area is 114 Å². The van der Waals surface area contributed by atoms with Crippen molar-refractivity contribution in [2.24, 2.45) is 5.73 Å². The molecule has 2 N–H and O–H groups in total. The number of rotatable bonds is 6. The summed E-state index contributed by atoms with van der Waals surface area (Å²) in [6, 6.07) is 12.3. The van der Waals surface area contributed by atoms with Crippen molar-refractivity contribution in [3.63, 3.8) is 0 Å². The van der Waals surface area contributed by atoms with Crippen LogP contribution in [0, 0.1) is 0 Å². The van der Waals surface area contributed by atoms with Crippen molar-refractivity contribution in [3.8, 4) is 5.75 Å². The molecule has 2 aromatic rings. The molecule has 0 aliphatic rings. The molecule has 1 atom stereocenters. The Morgan fingerprint density at radius 2 is 1.89 bits per heavy atom. The zero-order chi connectivity index (χ0) is 13.7. The lowest BCUT2D eigenvalue weighted by Crippen LogP contribution is -2.10. The molecule has 0 saturated carbocycles. The van der Waals surface area contributed by atoms with Gasteiger partial charge in [-0.3, -0.25) is 0 Å². The third kappa shape index (κ3) is 3.25. The van der Waals surface area contributed by atoms with Gasteiger partial charge >= 0.3 is 0 Å². The molecule has 0 amide bonds. The van der Waals surface area contributed by atoms with Crippen LogP contribution in [-0.2, 0) is 4.74 Å². The standard InChI is InChI=1S/C16H21NO2/c1-12(17)14-9-8-13-6-3-4-7-15(13)16(14)19-11-5-10-18-2/h3-4,6-9,12H,5,10-11,17H2,1-2H3/t12-/m1/s1. The largest absolute Gasteiger partial charge is 0.493 e. The molecular formula is C16H21NO2. The van der Waals surface area contributed by atoms with Crippen molar-refractivity contribution in [1.29, 1.82) is 0 Å². The minimum absolute atomic E-state index is 0.0398. The van der Waals surface area contributed by atoms with E-state index in [-0.39, 0.29) is 6.04 Å². The van der Waals surface area contributed by atoms with Crippen LogP contribution in [0.15, 0.2) is 36.4 Å². The van der Waals surface area contributed by atoms with Gasteiger partial charge in [0.15, 0.2) is 0 Å². The molecule has 19 heavy (non-hydrogen) atoms. The van der Waals surface area contributed by atoms with Gasteiger partial charge in [0.2, 0.25) is 0 Å². The molecule has 0 saturated heterocycles. The van der Waals surface area contributed by atoms with Crippen LogP contribution in [0.3, 0.4) is 0 Å². The van der Waals surface area contributed by atoms with Crippen molar-refractivity contribution in [1.82, 2.24) is 0 Å². The summed E-state index contributed by atoms with van der Waals surface area (Å²) in [5, 5.41) is 2.29. The molecule has 0 spiro atoms. The summed E-state index contributed by atoms with van der Waals surface area (Å²) in [6.45, 7) is 3.33. The van der Waals surface area contributed by atoms with Gasteiger partial charge in [-0.1, -0.05) is 36.4 Å². The van der Waals surface area contributed by atoms with Crippen LogP contribution in [0.25, 0.3) is 10.8 Å². The normalized spacial score (nSPS) is 12.6. The second kappa shape index (κ2) is 6.55. The lowest BCUT2D eigenvalue weighted by molar-refractivity contribution is 0.172. The third-order valence-corrected chi connectivity index (χ3v) is 3.14. The number of methoxy groups -OCH3 is 1. The quantitative estimate of drug-likeness (QED) is 0.810. The fraction of sp³-hybridized carbons (Fsp3) is 0.375. The maximum absolute atomic E-state index is 6.03. The van der Waals surface area contributed by atoms with E-state index in [0.717, 1.165) is 23.1 Å². The second-order valence-corrected chi connectivity index (χ2v) is 4.69. The van der Waals surface area contributed by atoms with Crippen LogP contribution in [0.2, 0.25) is 0 Å². The summed E-state index contributed by atoms with van der Waals surface area (Å²) >= 11 is 0. The van der Waals surface area contributed by atoms with Gasteiger partial charge in [0, 0.05) is 37.1 Å². The van der Waals surface area contributed by atoms with Crippen molar-refractivity contribution >= 4 is 10.8 Å². The molecule has 0 fully saturated rings. The first-order valence-electron chi connectivity index (χ1n) is 6.63. The van der Waals surface area contributed by atoms with Crippen LogP contribution < -0.4 is 10.5 Å². The first-order valence-corrected chi connectivity index (χ1v) is 6.63. The number of hydrogen-bond donors (Lipinski definition) is 1. The van der Waals surface area contributed by atoms with E-state index in [1.165, 1.54) is 5.39 Å². The topological polar surface area (TPSA) is 44.5 Å². The Morgan fingerprint density at radius 1 is 1.11 bits per heavy atom. The Balaban J connectivity index is 2.33. The molecule has 3 heteroatoms. The fourth-order valence-corrected chi connectivity index (χ4v) is 2.16. The smallest absolute Gasteiger partial charge is 0.131 e. The van der Waals surface area contributed by atoms with Crippen LogP contribution in [0.4, 0.5) is 0 Å². The zero-order valence-electron chi connectivity index (χ0n) is 11.6. The summed E-state index contributed by atoms with van der Waals surface area (Å²) in [5.74, 6) is 0.907. The summed E-state index contributed by atoms with van der Waals surface area (Å²) in [4.78, 5) is 0. The minimum Gasteiger partial charge on any atom is -0.493 e. The zero-order valence-corrected chi connectivity index (χ0v) is 11.6. The van der Waals surface area contributed by atoms with Gasteiger partial charge in [-0.2, -0.15) is 0 Å². The molecule has 0 radical (unpaired) electrons. The Bertz CT molecular complexity index is 537. The maximum Gasteiger partial charge on any atom is 0.131 e. The molecule has 2 rings (SSSR count). The average molecular weight is 259 g/mol. The number of fused-ring (bicyclic) bond motifs is 1. The average Bonchev–Trinajstić information content (AvgIpc) is 2.43. The van der Waals surface area contributed by atoms with Crippen LogP contribution in [0.5, 0.6) is 5.75 Å². The van der Waals surface area contributed by atoms with E-state index < -0.39 is 0 Å². The SMILES string of the molecule is COCCCOc1c([C@@H](C)N)ccc2ccccc12. The van der Waals surface area contributed by atoms with Gasteiger partial charge in [-0.05, 0) is 12.3 Å². The highest BCUT2D eigenvalue weighted by molar-refractivity contribution is 5.89. The van der Waals surface area contributed by atoms with Crippen molar-refractivity contribution < 1.29 is 9.47 Å². The lowest BCUT2D eigenvalue weighted by Gasteiger charge is -2.16. The monoisotopic (exact) mass is 259 g/mol. The Kier molecular flexibility index (Phi) is 4.77. The van der Waals surface area contributed by atoms with E-state index in [4.69, 9.17) is 15.2 Å². The fourth-order valence-electron chi connectivity index (χ4n) is 2.16. The summed E-state index contributed by atoms with van der Waals surface area (Å²) < 4.78 is 11.0. The van der Waals surface area contributed by atoms with Gasteiger partial charge in [-0.25, -0.2) is 0 Å². The van der Waals surface area contributed by atoms with E-state index in [0.29, 0.717) is 13.2 Å². The first kappa shape index (κ1) is 13.8. The van der Waals surface area contributed by atoms with Crippen LogP contribution in [0.1, 0.15) is 24.9 Å². The molecule has 0 aliphatic heterocycles. The van der Waals surface area contributed by atoms with Gasteiger partial charge in [0.05, 0.1) is 6.61 Å². The van der Waals surface area contributed by atoms with E-state index >= 15 is 0 Å². The second-order valence-electron chi connectivity index (χ2n) is 4.69. The summed E-state index contributed by atoms with van der Waals surface area (Å²) in [7, 11) is 1.70. The van der Waals surface area contributed by atoms with E-state index in [1.807, 2.05) is 19.1 Å². The van der Waals surface area contributed by atoms with E-state index in [1.54, 1.807) is 7.11 Å². The molecule has 3 nitrogen and oxygen atoms in total. The highest BCUT2D eigenvalue weighted by atomic mass is 16.5. The minimum atomic E-state index is -0.0398. The van der Waals surface area contributed by atoms with Gasteiger partial charge in [0.1, 0.15) is 5.75 Å². The molecule has 0 bridgehead atoms. The molecular weight excluding hydrogens is 238 g/mol. The van der Waals surface area contributed by atoms with Crippen molar-refractivity contribution in [2.45, 2.75) is 19.4 Å². The lowest BCUT2D eigenvalue weighted by atomic mass is 10.0. The predicted molar refractivity (Wildman–Crippen MR) is 78.5 cm³/mol. The third-order valence-electron chi connectivity index (χ3n) is 3.14. The highest BCUT2D eigenvalue weighted by Crippen LogP contribution is 2.32. The number of nitrogens with two attached hydrogens (primary N) is 1. The van der Waals surface area contributed by atoms with E-state index in [9.17, 15) is 0 Å². The summed E-state index contributed by atoms with van der Waals surface area (Å²) in [6.07, 6.45) is 0.873.